The van der Waals surface area contributed by atoms with E-state index in [1.807, 2.05) is 0 Å². The van der Waals surface area contributed by atoms with Gasteiger partial charge in [0.25, 0.3) is 5.91 Å². The van der Waals surface area contributed by atoms with Gasteiger partial charge in [0.05, 0.1) is 12.5 Å². The van der Waals surface area contributed by atoms with Crippen LogP contribution in [0.1, 0.15) is 19.3 Å². The number of nitrogens with one attached hydrogen (secondary N) is 2. The van der Waals surface area contributed by atoms with Crippen molar-refractivity contribution in [2.45, 2.75) is 31.4 Å². The maximum absolute atomic E-state index is 11.8. The Balaban J connectivity index is 1.77. The molecule has 3 unspecified atom stereocenters. The van der Waals surface area contributed by atoms with Gasteiger partial charge in [-0.05, 0) is 19.3 Å². The number of morpholine rings is 1. The van der Waals surface area contributed by atoms with Crippen LogP contribution in [0.4, 0.5) is 0 Å². The highest BCUT2D eigenvalue weighted by Crippen LogP contribution is 2.25. The van der Waals surface area contributed by atoms with Crippen molar-refractivity contribution >= 4 is 11.9 Å². The fourth-order valence-corrected chi connectivity index (χ4v) is 2.36. The Hall–Kier alpha value is -1.14. The number of hydrogen-bond acceptors (Lipinski definition) is 4. The van der Waals surface area contributed by atoms with Crippen molar-refractivity contribution in [3.63, 3.8) is 0 Å². The average molecular weight is 242 g/mol. The molecule has 1 heterocycles. The second kappa shape index (κ2) is 5.46. The summed E-state index contributed by atoms with van der Waals surface area (Å²) >= 11 is 0. The van der Waals surface area contributed by atoms with Crippen molar-refractivity contribution in [1.82, 2.24) is 10.6 Å². The van der Waals surface area contributed by atoms with Crippen LogP contribution >= 0.6 is 0 Å². The molecule has 1 saturated carbocycles. The maximum atomic E-state index is 11.8. The van der Waals surface area contributed by atoms with E-state index in [2.05, 4.69) is 10.6 Å². The minimum Gasteiger partial charge on any atom is -0.481 e. The molecular formula is C11H18N2O4. The first-order chi connectivity index (χ1) is 8.16. The highest BCUT2D eigenvalue weighted by Gasteiger charge is 2.32. The molecule has 0 aromatic carbocycles. The third-order valence-electron chi connectivity index (χ3n) is 3.35. The van der Waals surface area contributed by atoms with Gasteiger partial charge in [-0.2, -0.15) is 0 Å². The molecule has 0 aromatic rings. The normalized spacial score (nSPS) is 33.3. The number of aliphatic carboxylic acids is 1. The topological polar surface area (TPSA) is 87.7 Å². The highest BCUT2D eigenvalue weighted by molar-refractivity contribution is 5.81. The fraction of sp³-hybridized carbons (Fsp3) is 0.818. The Bertz CT molecular complexity index is 302. The summed E-state index contributed by atoms with van der Waals surface area (Å²) in [4.78, 5) is 22.6. The van der Waals surface area contributed by atoms with Gasteiger partial charge in [-0.3, -0.25) is 9.59 Å². The lowest BCUT2D eigenvalue weighted by atomic mass is 10.1. The molecule has 3 atom stereocenters. The molecule has 2 aliphatic rings. The van der Waals surface area contributed by atoms with Crippen LogP contribution in [0, 0.1) is 5.92 Å². The number of carbonyl (C=O) groups is 2. The Labute approximate surface area is 99.7 Å². The first-order valence-electron chi connectivity index (χ1n) is 6.02. The summed E-state index contributed by atoms with van der Waals surface area (Å²) in [6.07, 6.45) is 1.47. The SMILES string of the molecule is O=C(O)C1CCC(NC(=O)C2CNCCO2)C1. The molecule has 0 radical (unpaired) electrons. The molecule has 1 aliphatic carbocycles. The zero-order valence-corrected chi connectivity index (χ0v) is 9.65. The van der Waals surface area contributed by atoms with Crippen molar-refractivity contribution in [3.8, 4) is 0 Å². The van der Waals surface area contributed by atoms with E-state index in [0.29, 0.717) is 26.0 Å². The molecule has 17 heavy (non-hydrogen) atoms. The van der Waals surface area contributed by atoms with E-state index in [1.165, 1.54) is 0 Å². The van der Waals surface area contributed by atoms with E-state index in [-0.39, 0.29) is 17.9 Å². The second-order valence-corrected chi connectivity index (χ2v) is 4.62. The molecule has 1 amide bonds. The van der Waals surface area contributed by atoms with Crippen LogP contribution in [0.3, 0.4) is 0 Å². The largest absolute Gasteiger partial charge is 0.481 e. The van der Waals surface area contributed by atoms with Gasteiger partial charge in [-0.15, -0.1) is 0 Å². The predicted molar refractivity (Wildman–Crippen MR) is 59.5 cm³/mol. The zero-order valence-electron chi connectivity index (χ0n) is 9.65. The summed E-state index contributed by atoms with van der Waals surface area (Å²) in [6, 6.07) is -0.0193. The summed E-state index contributed by atoms with van der Waals surface area (Å²) in [7, 11) is 0. The monoisotopic (exact) mass is 242 g/mol. The fourth-order valence-electron chi connectivity index (χ4n) is 2.36. The number of carboxylic acids is 1. The highest BCUT2D eigenvalue weighted by atomic mass is 16.5. The molecule has 0 aromatic heterocycles. The molecule has 3 N–H and O–H groups in total. The number of ether oxygens (including phenoxy) is 1. The molecule has 1 aliphatic heterocycles. The first kappa shape index (κ1) is 12.3. The van der Waals surface area contributed by atoms with Crippen LogP contribution in [-0.4, -0.2) is 48.8 Å². The Kier molecular flexibility index (Phi) is 3.96. The zero-order chi connectivity index (χ0) is 12.3. The van der Waals surface area contributed by atoms with Crippen LogP contribution in [0.2, 0.25) is 0 Å². The van der Waals surface area contributed by atoms with Gasteiger partial charge in [0.15, 0.2) is 0 Å². The van der Waals surface area contributed by atoms with Crippen molar-refractivity contribution in [3.05, 3.63) is 0 Å². The smallest absolute Gasteiger partial charge is 0.306 e. The summed E-state index contributed by atoms with van der Waals surface area (Å²) in [5.41, 5.74) is 0. The van der Waals surface area contributed by atoms with Crippen molar-refractivity contribution < 1.29 is 19.4 Å². The minimum atomic E-state index is -0.766. The van der Waals surface area contributed by atoms with Crippen LogP contribution in [-0.2, 0) is 14.3 Å². The summed E-state index contributed by atoms with van der Waals surface area (Å²) in [5, 5.41) is 14.8. The van der Waals surface area contributed by atoms with Crippen LogP contribution in [0.25, 0.3) is 0 Å². The van der Waals surface area contributed by atoms with Crippen LogP contribution in [0.15, 0.2) is 0 Å². The van der Waals surface area contributed by atoms with Gasteiger partial charge in [0.1, 0.15) is 6.10 Å². The summed E-state index contributed by atoms with van der Waals surface area (Å²) < 4.78 is 5.33. The summed E-state index contributed by atoms with van der Waals surface area (Å²) in [5.74, 6) is -1.21. The molecule has 2 fully saturated rings. The molecule has 2 rings (SSSR count). The molecule has 6 nitrogen and oxygen atoms in total. The van der Waals surface area contributed by atoms with Gasteiger partial charge in [-0.1, -0.05) is 0 Å². The molecule has 0 spiro atoms. The van der Waals surface area contributed by atoms with Gasteiger partial charge < -0.3 is 20.5 Å². The molecule has 1 saturated heterocycles. The van der Waals surface area contributed by atoms with Crippen LogP contribution in [0.5, 0.6) is 0 Å². The molecule has 96 valence electrons. The van der Waals surface area contributed by atoms with Gasteiger partial charge >= 0.3 is 5.97 Å². The van der Waals surface area contributed by atoms with Crippen LogP contribution < -0.4 is 10.6 Å². The quantitative estimate of drug-likeness (QED) is 0.612. The third kappa shape index (κ3) is 3.17. The Morgan fingerprint density at radius 3 is 2.76 bits per heavy atom. The summed E-state index contributed by atoms with van der Waals surface area (Å²) in [6.45, 7) is 1.84. The lowest BCUT2D eigenvalue weighted by Gasteiger charge is -2.24. The number of hydrogen-bond donors (Lipinski definition) is 3. The maximum Gasteiger partial charge on any atom is 0.306 e. The number of amides is 1. The third-order valence-corrected chi connectivity index (χ3v) is 3.35. The Morgan fingerprint density at radius 2 is 2.18 bits per heavy atom. The van der Waals surface area contributed by atoms with Crippen molar-refractivity contribution in [1.29, 1.82) is 0 Å². The van der Waals surface area contributed by atoms with Gasteiger partial charge in [0, 0.05) is 19.1 Å². The molecule has 0 bridgehead atoms. The van der Waals surface area contributed by atoms with Gasteiger partial charge in [-0.25, -0.2) is 0 Å². The van der Waals surface area contributed by atoms with E-state index >= 15 is 0 Å². The molecule has 6 heteroatoms. The first-order valence-corrected chi connectivity index (χ1v) is 6.02. The minimum absolute atomic E-state index is 0.0193. The lowest BCUT2D eigenvalue weighted by Crippen LogP contribution is -2.49. The number of carbonyl (C=O) groups excluding carboxylic acids is 1. The molecular weight excluding hydrogens is 224 g/mol. The van der Waals surface area contributed by atoms with Crippen molar-refractivity contribution in [2.24, 2.45) is 5.92 Å². The van der Waals surface area contributed by atoms with E-state index in [9.17, 15) is 9.59 Å². The van der Waals surface area contributed by atoms with Gasteiger partial charge in [0.2, 0.25) is 0 Å². The number of rotatable bonds is 3. The Morgan fingerprint density at radius 1 is 1.35 bits per heavy atom. The van der Waals surface area contributed by atoms with E-state index < -0.39 is 12.1 Å². The van der Waals surface area contributed by atoms with Crippen molar-refractivity contribution in [2.75, 3.05) is 19.7 Å². The lowest BCUT2D eigenvalue weighted by molar-refractivity contribution is -0.142. The average Bonchev–Trinajstić information content (AvgIpc) is 2.79. The van der Waals surface area contributed by atoms with E-state index in [4.69, 9.17) is 9.84 Å². The standard InChI is InChI=1S/C11H18N2O4/c14-10(9-6-12-3-4-17-9)13-8-2-1-7(5-8)11(15)16/h7-9,12H,1-6H2,(H,13,14)(H,15,16). The predicted octanol–water partition coefficient (Wildman–Crippen LogP) is -0.656. The second-order valence-electron chi connectivity index (χ2n) is 4.62. The number of carboxylic acid groups (broad SMARTS) is 1. The van der Waals surface area contributed by atoms with E-state index in [0.717, 1.165) is 13.0 Å². The van der Waals surface area contributed by atoms with E-state index in [1.54, 1.807) is 0 Å².